The average Bonchev–Trinajstić information content (AvgIpc) is 3.11. The molecule has 0 spiro atoms. The number of anilines is 1. The van der Waals surface area contributed by atoms with Crippen LogP contribution in [0.3, 0.4) is 0 Å². The lowest BCUT2D eigenvalue weighted by molar-refractivity contribution is -0.124. The van der Waals surface area contributed by atoms with Crippen LogP contribution in [0, 0.1) is 27.7 Å². The Bertz CT molecular complexity index is 990. The van der Waals surface area contributed by atoms with Gasteiger partial charge in [-0.15, -0.1) is 0 Å². The molecule has 4 heteroatoms. The molecule has 0 aliphatic carbocycles. The van der Waals surface area contributed by atoms with Crippen LogP contribution in [0.5, 0.6) is 0 Å². The van der Waals surface area contributed by atoms with E-state index in [9.17, 15) is 4.79 Å². The number of carbonyl (C=O) groups excluding carboxylic acids is 1. The van der Waals surface area contributed by atoms with Crippen molar-refractivity contribution < 1.29 is 4.79 Å². The van der Waals surface area contributed by atoms with E-state index < -0.39 is 0 Å². The predicted octanol–water partition coefficient (Wildman–Crippen LogP) is 4.68. The second kappa shape index (κ2) is 7.63. The smallest absolute Gasteiger partial charge is 0.275 e. The molecule has 2 heterocycles. The summed E-state index contributed by atoms with van der Waals surface area (Å²) < 4.78 is 0. The van der Waals surface area contributed by atoms with Crippen LogP contribution < -0.4 is 4.90 Å². The monoisotopic (exact) mass is 375 g/mol. The number of hydrogen-bond donors (Lipinski definition) is 0. The highest BCUT2D eigenvalue weighted by atomic mass is 16.2. The molecular formula is C24H29N3O. The molecule has 2 aliphatic heterocycles. The molecule has 0 fully saturated rings. The molecule has 2 aliphatic rings. The molecule has 0 bridgehead atoms. The fraction of sp³-hybridized carbons (Fsp3) is 0.333. The van der Waals surface area contributed by atoms with Crippen molar-refractivity contribution >= 4 is 17.3 Å². The van der Waals surface area contributed by atoms with Gasteiger partial charge in [-0.25, -0.2) is 5.01 Å². The maximum atomic E-state index is 11.9. The van der Waals surface area contributed by atoms with Crippen LogP contribution in [0.4, 0.5) is 5.69 Å². The summed E-state index contributed by atoms with van der Waals surface area (Å²) >= 11 is 0. The van der Waals surface area contributed by atoms with Crippen molar-refractivity contribution in [2.45, 2.75) is 41.0 Å². The van der Waals surface area contributed by atoms with Gasteiger partial charge in [-0.1, -0.05) is 24.3 Å². The van der Waals surface area contributed by atoms with Crippen LogP contribution in [0.2, 0.25) is 0 Å². The van der Waals surface area contributed by atoms with Crippen molar-refractivity contribution in [3.63, 3.8) is 0 Å². The van der Waals surface area contributed by atoms with Crippen LogP contribution >= 0.6 is 0 Å². The Morgan fingerprint density at radius 1 is 0.821 bits per heavy atom. The zero-order valence-corrected chi connectivity index (χ0v) is 17.9. The summed E-state index contributed by atoms with van der Waals surface area (Å²) in [5, 5.41) is 5.51. The van der Waals surface area contributed by atoms with Gasteiger partial charge >= 0.3 is 0 Å². The lowest BCUT2D eigenvalue weighted by atomic mass is 9.92. The average molecular weight is 376 g/mol. The third-order valence-electron chi connectivity index (χ3n) is 6.00. The third-order valence-corrected chi connectivity index (χ3v) is 6.00. The lowest BCUT2D eigenvalue weighted by Crippen LogP contribution is -2.16. The van der Waals surface area contributed by atoms with E-state index in [4.69, 9.17) is 0 Å². The summed E-state index contributed by atoms with van der Waals surface area (Å²) in [6.45, 7) is 10.7. The molecule has 4 nitrogen and oxygen atoms in total. The van der Waals surface area contributed by atoms with Gasteiger partial charge in [-0.3, -0.25) is 4.79 Å². The van der Waals surface area contributed by atoms with Gasteiger partial charge in [0.05, 0.1) is 11.3 Å². The van der Waals surface area contributed by atoms with E-state index in [0.29, 0.717) is 5.57 Å². The second-order valence-electron chi connectivity index (χ2n) is 7.59. The Labute approximate surface area is 168 Å². The van der Waals surface area contributed by atoms with Crippen molar-refractivity contribution in [2.24, 2.45) is 5.10 Å². The minimum Gasteiger partial charge on any atom is -0.347 e. The SMILES string of the molecule is CC1=NN(C)C(=O)C1=CC=CC=CC=C1Cc2c(C)c(C)c(C)c(C)c2N1C. The molecule has 0 aromatic heterocycles. The van der Waals surface area contributed by atoms with E-state index in [-0.39, 0.29) is 5.91 Å². The van der Waals surface area contributed by atoms with E-state index in [2.05, 4.69) is 56.9 Å². The molecule has 146 valence electrons. The number of likely N-dealkylation sites (N-methyl/N-ethyl adjacent to an activating group) is 2. The maximum Gasteiger partial charge on any atom is 0.275 e. The lowest BCUT2D eigenvalue weighted by Gasteiger charge is -2.20. The van der Waals surface area contributed by atoms with Crippen LogP contribution in [0.25, 0.3) is 0 Å². The molecule has 0 N–H and O–H groups in total. The van der Waals surface area contributed by atoms with Gasteiger partial charge in [0.15, 0.2) is 0 Å². The topological polar surface area (TPSA) is 35.9 Å². The minimum atomic E-state index is -0.0603. The number of benzene rings is 1. The fourth-order valence-corrected chi connectivity index (χ4v) is 3.95. The normalized spacial score (nSPS) is 19.8. The molecule has 0 saturated heterocycles. The molecular weight excluding hydrogens is 346 g/mol. The number of fused-ring (bicyclic) bond motifs is 1. The van der Waals surface area contributed by atoms with Crippen molar-refractivity contribution in [3.8, 4) is 0 Å². The Balaban J connectivity index is 1.74. The number of amides is 1. The summed E-state index contributed by atoms with van der Waals surface area (Å²) in [6.07, 6.45) is 12.8. The van der Waals surface area contributed by atoms with Crippen LogP contribution in [0.15, 0.2) is 52.8 Å². The number of nitrogens with zero attached hydrogens (tertiary/aromatic N) is 3. The van der Waals surface area contributed by atoms with Gasteiger partial charge in [-0.05, 0) is 74.6 Å². The van der Waals surface area contributed by atoms with E-state index in [1.807, 2.05) is 31.2 Å². The predicted molar refractivity (Wildman–Crippen MR) is 118 cm³/mol. The summed E-state index contributed by atoms with van der Waals surface area (Å²) in [4.78, 5) is 14.2. The summed E-state index contributed by atoms with van der Waals surface area (Å²) in [5.41, 5.74) is 11.1. The molecule has 3 rings (SSSR count). The van der Waals surface area contributed by atoms with E-state index >= 15 is 0 Å². The van der Waals surface area contributed by atoms with E-state index in [1.54, 1.807) is 7.05 Å². The van der Waals surface area contributed by atoms with E-state index in [0.717, 1.165) is 12.1 Å². The third kappa shape index (κ3) is 3.35. The van der Waals surface area contributed by atoms with Crippen LogP contribution in [0.1, 0.15) is 34.7 Å². The zero-order valence-electron chi connectivity index (χ0n) is 17.9. The maximum absolute atomic E-state index is 11.9. The van der Waals surface area contributed by atoms with Crippen LogP contribution in [-0.4, -0.2) is 30.7 Å². The van der Waals surface area contributed by atoms with Gasteiger partial charge in [0.2, 0.25) is 0 Å². The quantitative estimate of drug-likeness (QED) is 0.568. The summed E-state index contributed by atoms with van der Waals surface area (Å²) in [6, 6.07) is 0. The van der Waals surface area contributed by atoms with Crippen LogP contribution in [-0.2, 0) is 11.2 Å². The molecule has 0 unspecified atom stereocenters. The van der Waals surface area contributed by atoms with Gasteiger partial charge in [0, 0.05) is 31.9 Å². The Kier molecular flexibility index (Phi) is 5.41. The summed E-state index contributed by atoms with van der Waals surface area (Å²) in [7, 11) is 3.82. The van der Waals surface area contributed by atoms with Gasteiger partial charge < -0.3 is 4.90 Å². The van der Waals surface area contributed by atoms with Crippen molar-refractivity contribution in [2.75, 3.05) is 19.0 Å². The molecule has 0 atom stereocenters. The highest BCUT2D eigenvalue weighted by Gasteiger charge is 2.26. The fourth-order valence-electron chi connectivity index (χ4n) is 3.95. The van der Waals surface area contributed by atoms with Crippen molar-refractivity contribution in [1.29, 1.82) is 0 Å². The van der Waals surface area contributed by atoms with E-state index in [1.165, 1.54) is 44.2 Å². The molecule has 1 aromatic carbocycles. The molecule has 1 amide bonds. The van der Waals surface area contributed by atoms with Gasteiger partial charge in [0.25, 0.3) is 5.91 Å². The summed E-state index contributed by atoms with van der Waals surface area (Å²) in [5.74, 6) is -0.0603. The molecule has 0 saturated carbocycles. The Hall–Kier alpha value is -2.88. The molecule has 1 aromatic rings. The number of hydrazone groups is 1. The molecule has 0 radical (unpaired) electrons. The standard InChI is InChI=1S/C24H29N3O/c1-15-16(2)18(4)23-22(17(15)3)14-20(26(23)6)12-10-8-9-11-13-21-19(5)25-27(7)24(21)28/h8-13H,14H2,1-7H3. The molecule has 28 heavy (non-hydrogen) atoms. The van der Waals surface area contributed by atoms with Gasteiger partial charge in [0.1, 0.15) is 0 Å². The first kappa shape index (κ1) is 19.9. The number of hydrogen-bond acceptors (Lipinski definition) is 3. The largest absolute Gasteiger partial charge is 0.347 e. The number of allylic oxidation sites excluding steroid dienone is 7. The number of rotatable bonds is 3. The minimum absolute atomic E-state index is 0.0603. The first-order valence-electron chi connectivity index (χ1n) is 9.64. The number of carbonyl (C=O) groups is 1. The Morgan fingerprint density at radius 3 is 2.04 bits per heavy atom. The first-order chi connectivity index (χ1) is 13.2. The van der Waals surface area contributed by atoms with Crippen molar-refractivity contribution in [3.05, 3.63) is 75.5 Å². The van der Waals surface area contributed by atoms with Gasteiger partial charge in [-0.2, -0.15) is 5.10 Å². The Morgan fingerprint density at radius 2 is 1.43 bits per heavy atom. The zero-order chi connectivity index (χ0) is 20.6. The first-order valence-corrected chi connectivity index (χ1v) is 9.64. The highest BCUT2D eigenvalue weighted by molar-refractivity contribution is 6.23. The highest BCUT2D eigenvalue weighted by Crippen LogP contribution is 2.41. The second-order valence-corrected chi connectivity index (χ2v) is 7.59. The van der Waals surface area contributed by atoms with Crippen molar-refractivity contribution in [1.82, 2.24) is 5.01 Å².